The monoisotopic (exact) mass is 292 g/mol. The molecule has 2 aromatic rings. The van der Waals surface area contributed by atoms with Crippen LogP contribution < -0.4 is 0 Å². The number of hydrogen-bond acceptors (Lipinski definition) is 3. The predicted molar refractivity (Wildman–Crippen MR) is 77.6 cm³/mol. The van der Waals surface area contributed by atoms with Gasteiger partial charge in [-0.2, -0.15) is 0 Å². The Morgan fingerprint density at radius 2 is 1.90 bits per heavy atom. The molecule has 106 valence electrons. The highest BCUT2D eigenvalue weighted by Gasteiger charge is 2.40. The van der Waals surface area contributed by atoms with Gasteiger partial charge in [0.15, 0.2) is 5.79 Å². The van der Waals surface area contributed by atoms with Gasteiger partial charge >= 0.3 is 0 Å². The van der Waals surface area contributed by atoms with Gasteiger partial charge in [-0.25, -0.2) is 4.39 Å². The van der Waals surface area contributed by atoms with Crippen LogP contribution in [0.4, 0.5) is 4.39 Å². The van der Waals surface area contributed by atoms with Crippen molar-refractivity contribution >= 4 is 21.4 Å². The molecular weight excluding hydrogens is 275 g/mol. The van der Waals surface area contributed by atoms with Crippen LogP contribution in [0.1, 0.15) is 37.2 Å². The Morgan fingerprint density at radius 3 is 2.65 bits per heavy atom. The van der Waals surface area contributed by atoms with E-state index in [0.717, 1.165) is 44.3 Å². The lowest BCUT2D eigenvalue weighted by Gasteiger charge is -2.35. The minimum absolute atomic E-state index is 0.146. The number of rotatable bonds is 1. The summed E-state index contributed by atoms with van der Waals surface area (Å²) in [5.74, 6) is 0.0454. The van der Waals surface area contributed by atoms with Crippen molar-refractivity contribution in [2.75, 3.05) is 13.2 Å². The molecule has 1 aromatic carbocycles. The molecule has 20 heavy (non-hydrogen) atoms. The Kier molecular flexibility index (Phi) is 3.05. The third-order valence-electron chi connectivity index (χ3n) is 4.57. The van der Waals surface area contributed by atoms with Crippen molar-refractivity contribution in [1.82, 2.24) is 0 Å². The summed E-state index contributed by atoms with van der Waals surface area (Å²) in [5.41, 5.74) is 1.30. The summed E-state index contributed by atoms with van der Waals surface area (Å²) in [5, 5.41) is 3.28. The van der Waals surface area contributed by atoms with E-state index in [9.17, 15) is 4.39 Å². The van der Waals surface area contributed by atoms with Crippen LogP contribution in [0.25, 0.3) is 10.1 Å². The molecule has 4 rings (SSSR count). The summed E-state index contributed by atoms with van der Waals surface area (Å²) in [4.78, 5) is 0. The molecule has 1 aromatic heterocycles. The Balaban J connectivity index is 1.60. The molecule has 1 saturated heterocycles. The standard InChI is InChI=1S/C16H17FO2S/c17-12-1-2-15-13(9-12)14(10-20-15)11-3-5-16(6-4-11)18-7-8-19-16/h1-2,9-11H,3-8H2. The highest BCUT2D eigenvalue weighted by Crippen LogP contribution is 2.45. The first kappa shape index (κ1) is 12.7. The Bertz CT molecular complexity index is 620. The van der Waals surface area contributed by atoms with Gasteiger partial charge in [-0.15, -0.1) is 11.3 Å². The molecule has 0 N–H and O–H groups in total. The maximum atomic E-state index is 13.5. The van der Waals surface area contributed by atoms with Crippen LogP contribution in [-0.2, 0) is 9.47 Å². The van der Waals surface area contributed by atoms with Gasteiger partial charge in [0.05, 0.1) is 13.2 Å². The highest BCUT2D eigenvalue weighted by molar-refractivity contribution is 7.17. The van der Waals surface area contributed by atoms with Crippen molar-refractivity contribution < 1.29 is 13.9 Å². The van der Waals surface area contributed by atoms with E-state index in [-0.39, 0.29) is 11.6 Å². The molecule has 2 heterocycles. The molecule has 1 aliphatic carbocycles. The molecular formula is C16H17FO2S. The van der Waals surface area contributed by atoms with Gasteiger partial charge in [0, 0.05) is 17.5 Å². The van der Waals surface area contributed by atoms with E-state index < -0.39 is 0 Å². The number of ether oxygens (including phenoxy) is 2. The number of halogens is 1. The van der Waals surface area contributed by atoms with Crippen LogP contribution >= 0.6 is 11.3 Å². The minimum Gasteiger partial charge on any atom is -0.348 e. The number of benzene rings is 1. The van der Waals surface area contributed by atoms with E-state index in [1.165, 1.54) is 10.3 Å². The largest absolute Gasteiger partial charge is 0.348 e. The topological polar surface area (TPSA) is 18.5 Å². The molecule has 4 heteroatoms. The lowest BCUT2D eigenvalue weighted by molar-refractivity contribution is -0.178. The molecule has 2 fully saturated rings. The average Bonchev–Trinajstić information content (AvgIpc) is 3.07. The van der Waals surface area contributed by atoms with E-state index >= 15 is 0 Å². The summed E-state index contributed by atoms with van der Waals surface area (Å²) in [7, 11) is 0. The molecule has 0 amide bonds. The van der Waals surface area contributed by atoms with Crippen LogP contribution in [0.5, 0.6) is 0 Å². The van der Waals surface area contributed by atoms with Crippen LogP contribution in [0.3, 0.4) is 0 Å². The van der Waals surface area contributed by atoms with Crippen LogP contribution in [-0.4, -0.2) is 19.0 Å². The van der Waals surface area contributed by atoms with Crippen LogP contribution in [0.2, 0.25) is 0 Å². The predicted octanol–water partition coefficient (Wildman–Crippen LogP) is 4.44. The Hall–Kier alpha value is -0.970. The molecule has 1 spiro atoms. The first-order valence-corrected chi connectivity index (χ1v) is 8.08. The van der Waals surface area contributed by atoms with Crippen molar-refractivity contribution in [2.24, 2.45) is 0 Å². The lowest BCUT2D eigenvalue weighted by Crippen LogP contribution is -2.34. The van der Waals surface area contributed by atoms with Gasteiger partial charge in [0.25, 0.3) is 0 Å². The fourth-order valence-corrected chi connectivity index (χ4v) is 4.52. The SMILES string of the molecule is Fc1ccc2scc(C3CCC4(CC3)OCCO4)c2c1. The zero-order valence-electron chi connectivity index (χ0n) is 11.2. The number of thiophene rings is 1. The smallest absolute Gasteiger partial charge is 0.168 e. The first-order valence-electron chi connectivity index (χ1n) is 7.20. The van der Waals surface area contributed by atoms with E-state index in [4.69, 9.17) is 9.47 Å². The minimum atomic E-state index is -0.312. The van der Waals surface area contributed by atoms with Gasteiger partial charge in [-0.05, 0) is 53.3 Å². The van der Waals surface area contributed by atoms with Gasteiger partial charge in [0.1, 0.15) is 5.82 Å². The fourth-order valence-electron chi connectivity index (χ4n) is 3.49. The second kappa shape index (κ2) is 4.79. The lowest BCUT2D eigenvalue weighted by atomic mass is 9.81. The summed E-state index contributed by atoms with van der Waals surface area (Å²) in [6, 6.07) is 5.10. The van der Waals surface area contributed by atoms with E-state index in [0.29, 0.717) is 5.92 Å². The molecule has 1 saturated carbocycles. The number of fused-ring (bicyclic) bond motifs is 1. The molecule has 0 unspecified atom stereocenters. The van der Waals surface area contributed by atoms with Gasteiger partial charge in [-0.3, -0.25) is 0 Å². The average molecular weight is 292 g/mol. The van der Waals surface area contributed by atoms with Crippen molar-refractivity contribution in [2.45, 2.75) is 37.4 Å². The zero-order chi connectivity index (χ0) is 13.6. The third-order valence-corrected chi connectivity index (χ3v) is 5.55. The van der Waals surface area contributed by atoms with E-state index in [1.54, 1.807) is 23.5 Å². The summed E-state index contributed by atoms with van der Waals surface area (Å²) in [6.45, 7) is 1.44. The molecule has 2 aliphatic rings. The second-order valence-corrected chi connectivity index (χ2v) is 6.62. The normalized spacial score (nSPS) is 22.9. The van der Waals surface area contributed by atoms with Gasteiger partial charge < -0.3 is 9.47 Å². The quantitative estimate of drug-likeness (QED) is 0.773. The molecule has 1 aliphatic heterocycles. The molecule has 0 atom stereocenters. The van der Waals surface area contributed by atoms with Crippen molar-refractivity contribution in [3.8, 4) is 0 Å². The molecule has 0 radical (unpaired) electrons. The van der Waals surface area contributed by atoms with Crippen molar-refractivity contribution in [3.05, 3.63) is 35.0 Å². The maximum absolute atomic E-state index is 13.5. The van der Waals surface area contributed by atoms with Gasteiger partial charge in [-0.1, -0.05) is 0 Å². The highest BCUT2D eigenvalue weighted by atomic mass is 32.1. The first-order chi connectivity index (χ1) is 9.76. The van der Waals surface area contributed by atoms with Crippen LogP contribution in [0.15, 0.2) is 23.6 Å². The Morgan fingerprint density at radius 1 is 1.15 bits per heavy atom. The summed E-state index contributed by atoms with van der Waals surface area (Å²) < 4.78 is 26.2. The van der Waals surface area contributed by atoms with Crippen molar-refractivity contribution in [3.63, 3.8) is 0 Å². The number of hydrogen-bond donors (Lipinski definition) is 0. The zero-order valence-corrected chi connectivity index (χ0v) is 12.0. The molecule has 0 bridgehead atoms. The maximum Gasteiger partial charge on any atom is 0.168 e. The fraction of sp³-hybridized carbons (Fsp3) is 0.500. The second-order valence-electron chi connectivity index (χ2n) is 5.71. The van der Waals surface area contributed by atoms with E-state index in [1.807, 2.05) is 6.07 Å². The van der Waals surface area contributed by atoms with Crippen molar-refractivity contribution in [1.29, 1.82) is 0 Å². The summed E-state index contributed by atoms with van der Waals surface area (Å²) >= 11 is 1.71. The summed E-state index contributed by atoms with van der Waals surface area (Å²) in [6.07, 6.45) is 4.01. The molecule has 2 nitrogen and oxygen atoms in total. The van der Waals surface area contributed by atoms with Gasteiger partial charge in [0.2, 0.25) is 0 Å². The van der Waals surface area contributed by atoms with E-state index in [2.05, 4.69) is 5.38 Å². The van der Waals surface area contributed by atoms with Crippen LogP contribution in [0, 0.1) is 5.82 Å². The Labute approximate surface area is 121 Å². The third kappa shape index (κ3) is 2.07.